The van der Waals surface area contributed by atoms with Gasteiger partial charge in [0.1, 0.15) is 0 Å². The lowest BCUT2D eigenvalue weighted by atomic mass is 9.93. The van der Waals surface area contributed by atoms with Crippen molar-refractivity contribution in [3.63, 3.8) is 0 Å². The molecule has 0 saturated carbocycles. The zero-order chi connectivity index (χ0) is 12.6. The van der Waals surface area contributed by atoms with Gasteiger partial charge in [0, 0.05) is 13.1 Å². The number of hydrogen-bond acceptors (Lipinski definition) is 3. The Balaban J connectivity index is 3.65. The van der Waals surface area contributed by atoms with Crippen LogP contribution < -0.4 is 10.6 Å². The summed E-state index contributed by atoms with van der Waals surface area (Å²) in [6, 6.07) is -0.206. The minimum Gasteiger partial charge on any atom is -0.388 e. The predicted octanol–water partition coefficient (Wildman–Crippen LogP) is 1.45. The van der Waals surface area contributed by atoms with Crippen molar-refractivity contribution in [1.29, 1.82) is 0 Å². The summed E-state index contributed by atoms with van der Waals surface area (Å²) in [6.07, 6.45) is 3.01. The van der Waals surface area contributed by atoms with Crippen LogP contribution in [0.1, 0.15) is 27.2 Å². The molecule has 0 aliphatic carbocycles. The molecule has 0 aromatic carbocycles. The highest BCUT2D eigenvalue weighted by Gasteiger charge is 2.25. The Morgan fingerprint density at radius 1 is 1.44 bits per heavy atom. The molecule has 0 radical (unpaired) electrons. The van der Waals surface area contributed by atoms with Gasteiger partial charge in [-0.3, -0.25) is 0 Å². The first-order valence-electron chi connectivity index (χ1n) is 5.63. The van der Waals surface area contributed by atoms with E-state index < -0.39 is 5.60 Å². The van der Waals surface area contributed by atoms with Gasteiger partial charge in [-0.25, -0.2) is 4.79 Å². The summed E-state index contributed by atoms with van der Waals surface area (Å²) in [4.78, 5) is 11.3. The lowest BCUT2D eigenvalue weighted by Crippen LogP contribution is -2.47. The second kappa shape index (κ2) is 7.79. The average molecular weight is 248 g/mol. The van der Waals surface area contributed by atoms with Gasteiger partial charge >= 0.3 is 6.03 Å². The number of carbonyl (C=O) groups excluding carboxylic acids is 1. The summed E-state index contributed by atoms with van der Waals surface area (Å²) in [5, 5.41) is 15.3. The lowest BCUT2D eigenvalue weighted by Gasteiger charge is -2.27. The predicted molar refractivity (Wildman–Crippen MR) is 69.9 cm³/mol. The van der Waals surface area contributed by atoms with E-state index in [1.807, 2.05) is 20.1 Å². The van der Waals surface area contributed by atoms with Crippen molar-refractivity contribution < 1.29 is 9.90 Å². The molecule has 1 atom stereocenters. The average Bonchev–Trinajstić information content (AvgIpc) is 2.21. The van der Waals surface area contributed by atoms with Crippen LogP contribution >= 0.6 is 11.8 Å². The highest BCUT2D eigenvalue weighted by Crippen LogP contribution is 2.14. The van der Waals surface area contributed by atoms with Crippen molar-refractivity contribution >= 4 is 17.8 Å². The molecule has 4 nitrogen and oxygen atoms in total. The molecule has 5 heteroatoms. The third-order valence-electron chi connectivity index (χ3n) is 2.66. The molecule has 0 fully saturated rings. The third-order valence-corrected chi connectivity index (χ3v) is 3.36. The maximum atomic E-state index is 11.3. The van der Waals surface area contributed by atoms with E-state index in [0.717, 1.165) is 12.2 Å². The lowest BCUT2D eigenvalue weighted by molar-refractivity contribution is 0.0166. The SMILES string of the molecule is CSCCCNC(=O)NCC(C)(O)C(C)C. The molecule has 3 N–H and O–H groups in total. The fourth-order valence-corrected chi connectivity index (χ4v) is 1.38. The van der Waals surface area contributed by atoms with E-state index in [1.54, 1.807) is 18.7 Å². The number of urea groups is 1. The van der Waals surface area contributed by atoms with E-state index in [9.17, 15) is 9.90 Å². The van der Waals surface area contributed by atoms with Gasteiger partial charge in [0.15, 0.2) is 0 Å². The van der Waals surface area contributed by atoms with Gasteiger partial charge in [0.25, 0.3) is 0 Å². The van der Waals surface area contributed by atoms with E-state index >= 15 is 0 Å². The molecule has 0 heterocycles. The number of nitrogens with one attached hydrogen (secondary N) is 2. The van der Waals surface area contributed by atoms with Gasteiger partial charge in [-0.05, 0) is 31.3 Å². The molecule has 0 aromatic rings. The monoisotopic (exact) mass is 248 g/mol. The van der Waals surface area contributed by atoms with E-state index in [2.05, 4.69) is 10.6 Å². The van der Waals surface area contributed by atoms with Gasteiger partial charge in [-0.15, -0.1) is 0 Å². The highest BCUT2D eigenvalue weighted by molar-refractivity contribution is 7.98. The van der Waals surface area contributed by atoms with Gasteiger partial charge < -0.3 is 15.7 Å². The van der Waals surface area contributed by atoms with Gasteiger partial charge in [-0.2, -0.15) is 11.8 Å². The largest absolute Gasteiger partial charge is 0.388 e. The van der Waals surface area contributed by atoms with Crippen LogP contribution in [0, 0.1) is 5.92 Å². The van der Waals surface area contributed by atoms with Gasteiger partial charge in [-0.1, -0.05) is 13.8 Å². The molecule has 0 aromatic heterocycles. The van der Waals surface area contributed by atoms with Crippen molar-refractivity contribution in [1.82, 2.24) is 10.6 Å². The molecule has 1 unspecified atom stereocenters. The van der Waals surface area contributed by atoms with E-state index in [-0.39, 0.29) is 18.5 Å². The van der Waals surface area contributed by atoms with Gasteiger partial charge in [0.2, 0.25) is 0 Å². The Morgan fingerprint density at radius 3 is 2.56 bits per heavy atom. The third kappa shape index (κ3) is 6.95. The number of aliphatic hydroxyl groups is 1. The van der Waals surface area contributed by atoms with Crippen LogP contribution in [0.4, 0.5) is 4.79 Å². The molecule has 0 aliphatic heterocycles. The maximum absolute atomic E-state index is 11.3. The van der Waals surface area contributed by atoms with Crippen LogP contribution in [-0.4, -0.2) is 41.8 Å². The molecule has 0 saturated heterocycles. The fraction of sp³-hybridized carbons (Fsp3) is 0.909. The summed E-state index contributed by atoms with van der Waals surface area (Å²) in [7, 11) is 0. The summed E-state index contributed by atoms with van der Waals surface area (Å²) < 4.78 is 0. The molecule has 96 valence electrons. The summed E-state index contributed by atoms with van der Waals surface area (Å²) in [5.74, 6) is 1.16. The first kappa shape index (κ1) is 15.6. The van der Waals surface area contributed by atoms with Crippen molar-refractivity contribution in [2.24, 2.45) is 5.92 Å². The van der Waals surface area contributed by atoms with Crippen LogP contribution in [0.3, 0.4) is 0 Å². The van der Waals surface area contributed by atoms with Crippen molar-refractivity contribution in [3.05, 3.63) is 0 Å². The Bertz CT molecular complexity index is 208. The second-order valence-corrected chi connectivity index (χ2v) is 5.45. The number of thioether (sulfide) groups is 1. The Hall–Kier alpha value is -0.420. The molecular weight excluding hydrogens is 224 g/mol. The molecule has 2 amide bonds. The standard InChI is InChI=1S/C11H24N2O2S/c1-9(2)11(3,15)8-13-10(14)12-6-5-7-16-4/h9,15H,5-8H2,1-4H3,(H2,12,13,14). The quantitative estimate of drug-likeness (QED) is 0.598. The molecule has 0 aliphatic rings. The second-order valence-electron chi connectivity index (χ2n) is 4.47. The fourth-order valence-electron chi connectivity index (χ4n) is 0.944. The minimum atomic E-state index is -0.851. The number of rotatable bonds is 7. The Kier molecular flexibility index (Phi) is 7.58. The number of hydrogen-bond donors (Lipinski definition) is 3. The molecule has 0 rings (SSSR count). The Morgan fingerprint density at radius 2 is 2.06 bits per heavy atom. The highest BCUT2D eigenvalue weighted by atomic mass is 32.2. The summed E-state index contributed by atoms with van der Waals surface area (Å²) in [5.41, 5.74) is -0.851. The van der Waals surface area contributed by atoms with Crippen LogP contribution in [0.25, 0.3) is 0 Å². The van der Waals surface area contributed by atoms with Crippen LogP contribution in [-0.2, 0) is 0 Å². The maximum Gasteiger partial charge on any atom is 0.314 e. The number of carbonyl (C=O) groups is 1. The smallest absolute Gasteiger partial charge is 0.314 e. The Labute approximate surface area is 103 Å². The topological polar surface area (TPSA) is 61.4 Å². The van der Waals surface area contributed by atoms with Crippen molar-refractivity contribution in [2.75, 3.05) is 25.1 Å². The van der Waals surface area contributed by atoms with E-state index in [4.69, 9.17) is 0 Å². The van der Waals surface area contributed by atoms with E-state index in [1.165, 1.54) is 0 Å². The zero-order valence-electron chi connectivity index (χ0n) is 10.7. The summed E-state index contributed by atoms with van der Waals surface area (Å²) in [6.45, 7) is 6.54. The molecule has 0 spiro atoms. The first-order chi connectivity index (χ1) is 7.40. The number of amides is 2. The van der Waals surface area contributed by atoms with Crippen LogP contribution in [0.15, 0.2) is 0 Å². The first-order valence-corrected chi connectivity index (χ1v) is 7.02. The minimum absolute atomic E-state index is 0.115. The molecule has 16 heavy (non-hydrogen) atoms. The van der Waals surface area contributed by atoms with Crippen LogP contribution in [0.2, 0.25) is 0 Å². The normalized spacial score (nSPS) is 14.6. The van der Waals surface area contributed by atoms with Crippen LogP contribution in [0.5, 0.6) is 0 Å². The van der Waals surface area contributed by atoms with Crippen molar-refractivity contribution in [3.8, 4) is 0 Å². The molecular formula is C11H24N2O2S. The van der Waals surface area contributed by atoms with Gasteiger partial charge in [0.05, 0.1) is 5.60 Å². The van der Waals surface area contributed by atoms with E-state index in [0.29, 0.717) is 6.54 Å². The van der Waals surface area contributed by atoms with Crippen molar-refractivity contribution in [2.45, 2.75) is 32.8 Å². The summed E-state index contributed by atoms with van der Waals surface area (Å²) >= 11 is 1.76. The zero-order valence-corrected chi connectivity index (χ0v) is 11.5. The molecule has 0 bridgehead atoms.